The molecule has 1 amide bonds. The van der Waals surface area contributed by atoms with Crippen molar-refractivity contribution in [3.05, 3.63) is 59.7 Å². The maximum Gasteiger partial charge on any atom is 0.261 e. The highest BCUT2D eigenvalue weighted by atomic mass is 32.2. The summed E-state index contributed by atoms with van der Waals surface area (Å²) in [6.45, 7) is 4.06. The molecule has 1 fully saturated rings. The zero-order valence-electron chi connectivity index (χ0n) is 16.4. The van der Waals surface area contributed by atoms with E-state index >= 15 is 0 Å². The zero-order valence-corrected chi connectivity index (χ0v) is 17.3. The van der Waals surface area contributed by atoms with E-state index in [1.165, 1.54) is 18.6 Å². The molecule has 1 aliphatic rings. The van der Waals surface area contributed by atoms with Crippen LogP contribution in [0, 0.1) is 12.8 Å². The second-order valence-corrected chi connectivity index (χ2v) is 9.23. The number of carbonyl (C=O) groups is 1. The van der Waals surface area contributed by atoms with Gasteiger partial charge in [-0.25, -0.2) is 8.42 Å². The number of benzene rings is 2. The van der Waals surface area contributed by atoms with E-state index in [4.69, 9.17) is 0 Å². The third kappa shape index (κ3) is 4.93. The van der Waals surface area contributed by atoms with Crippen LogP contribution in [0.2, 0.25) is 0 Å². The molecule has 1 aliphatic carbocycles. The van der Waals surface area contributed by atoms with Crippen LogP contribution in [0.3, 0.4) is 0 Å². The molecule has 0 saturated heterocycles. The molecule has 6 heteroatoms. The van der Waals surface area contributed by atoms with E-state index in [1.54, 1.807) is 24.3 Å². The fraction of sp³-hybridized carbons (Fsp3) is 0.409. The van der Waals surface area contributed by atoms with E-state index in [0.29, 0.717) is 11.3 Å². The van der Waals surface area contributed by atoms with Gasteiger partial charge in [0, 0.05) is 11.6 Å². The lowest BCUT2D eigenvalue weighted by atomic mass is 9.84. The summed E-state index contributed by atoms with van der Waals surface area (Å²) in [5.74, 6) is 0.633. The molecule has 2 aromatic rings. The van der Waals surface area contributed by atoms with Crippen LogP contribution in [0.4, 0.5) is 5.69 Å². The van der Waals surface area contributed by atoms with Gasteiger partial charge in [0.2, 0.25) is 0 Å². The van der Waals surface area contributed by atoms with Gasteiger partial charge in [-0.3, -0.25) is 9.52 Å². The van der Waals surface area contributed by atoms with Crippen molar-refractivity contribution < 1.29 is 13.2 Å². The second-order valence-electron chi connectivity index (χ2n) is 7.54. The average molecular weight is 401 g/mol. The maximum atomic E-state index is 12.6. The Morgan fingerprint density at radius 1 is 1.00 bits per heavy atom. The predicted molar refractivity (Wildman–Crippen MR) is 112 cm³/mol. The summed E-state index contributed by atoms with van der Waals surface area (Å²) in [4.78, 5) is 12.6. The number of sulfonamides is 1. The molecule has 2 N–H and O–H groups in total. The smallest absolute Gasteiger partial charge is 0.261 e. The largest absolute Gasteiger partial charge is 0.349 e. The number of rotatable bonds is 6. The first kappa shape index (κ1) is 20.4. The Morgan fingerprint density at radius 2 is 1.64 bits per heavy atom. The molecular weight excluding hydrogens is 372 g/mol. The highest BCUT2D eigenvalue weighted by Crippen LogP contribution is 2.26. The first-order chi connectivity index (χ1) is 13.4. The molecule has 0 radical (unpaired) electrons. The van der Waals surface area contributed by atoms with Gasteiger partial charge in [-0.15, -0.1) is 0 Å². The molecule has 0 unspecified atom stereocenters. The molecule has 28 heavy (non-hydrogen) atoms. The van der Waals surface area contributed by atoms with E-state index < -0.39 is 10.0 Å². The first-order valence-electron chi connectivity index (χ1n) is 9.88. The van der Waals surface area contributed by atoms with Crippen molar-refractivity contribution in [3.8, 4) is 0 Å². The molecule has 0 bridgehead atoms. The Bertz CT molecular complexity index is 915. The van der Waals surface area contributed by atoms with Crippen molar-refractivity contribution in [2.75, 3.05) is 4.72 Å². The van der Waals surface area contributed by atoms with Gasteiger partial charge in [0.15, 0.2) is 0 Å². The number of carbonyl (C=O) groups excluding carboxylic acids is 1. The maximum absolute atomic E-state index is 12.6. The highest BCUT2D eigenvalue weighted by Gasteiger charge is 2.22. The molecule has 0 aliphatic heterocycles. The second kappa shape index (κ2) is 8.78. The minimum atomic E-state index is -3.70. The minimum Gasteiger partial charge on any atom is -0.349 e. The summed E-state index contributed by atoms with van der Waals surface area (Å²) in [5.41, 5.74) is 1.87. The Hall–Kier alpha value is -2.34. The monoisotopic (exact) mass is 400 g/mol. The van der Waals surface area contributed by atoms with Gasteiger partial charge in [0.25, 0.3) is 15.9 Å². The first-order valence-corrected chi connectivity index (χ1v) is 11.4. The third-order valence-corrected chi connectivity index (χ3v) is 6.96. The van der Waals surface area contributed by atoms with E-state index in [0.717, 1.165) is 37.2 Å². The Balaban J connectivity index is 1.64. The van der Waals surface area contributed by atoms with Gasteiger partial charge in [-0.1, -0.05) is 31.5 Å². The quantitative estimate of drug-likeness (QED) is 0.750. The summed E-state index contributed by atoms with van der Waals surface area (Å²) in [7, 11) is -3.70. The summed E-state index contributed by atoms with van der Waals surface area (Å²) >= 11 is 0. The summed E-state index contributed by atoms with van der Waals surface area (Å²) in [6, 6.07) is 13.5. The topological polar surface area (TPSA) is 75.3 Å². The number of hydrogen-bond donors (Lipinski definition) is 2. The number of hydrogen-bond acceptors (Lipinski definition) is 3. The SMILES string of the molecule is CCC1CCC(NC(=O)c2ccc(S(=O)(=O)Nc3ccccc3C)cc2)CC1. The van der Waals surface area contributed by atoms with Crippen LogP contribution >= 0.6 is 0 Å². The van der Waals surface area contributed by atoms with Crippen molar-refractivity contribution in [1.29, 1.82) is 0 Å². The molecule has 0 spiro atoms. The molecule has 0 aromatic heterocycles. The van der Waals surface area contributed by atoms with Gasteiger partial charge < -0.3 is 5.32 Å². The minimum absolute atomic E-state index is 0.135. The molecular formula is C22H28N2O3S. The van der Waals surface area contributed by atoms with Gasteiger partial charge >= 0.3 is 0 Å². The van der Waals surface area contributed by atoms with E-state index in [1.807, 2.05) is 19.1 Å². The lowest BCUT2D eigenvalue weighted by Gasteiger charge is -2.28. The van der Waals surface area contributed by atoms with Crippen LogP contribution in [0.5, 0.6) is 0 Å². The number of anilines is 1. The van der Waals surface area contributed by atoms with Gasteiger partial charge in [-0.2, -0.15) is 0 Å². The van der Waals surface area contributed by atoms with Gasteiger partial charge in [0.1, 0.15) is 0 Å². The van der Waals surface area contributed by atoms with Crippen molar-refractivity contribution in [2.24, 2.45) is 5.92 Å². The van der Waals surface area contributed by atoms with Crippen molar-refractivity contribution in [2.45, 2.75) is 56.9 Å². The molecule has 0 atom stereocenters. The molecule has 1 saturated carbocycles. The van der Waals surface area contributed by atoms with Crippen LogP contribution in [0.15, 0.2) is 53.4 Å². The van der Waals surface area contributed by atoms with Crippen molar-refractivity contribution >= 4 is 21.6 Å². The molecule has 3 rings (SSSR count). The summed E-state index contributed by atoms with van der Waals surface area (Å²) in [6.07, 6.45) is 5.54. The van der Waals surface area contributed by atoms with Crippen molar-refractivity contribution in [1.82, 2.24) is 5.32 Å². The lowest BCUT2D eigenvalue weighted by molar-refractivity contribution is 0.0921. The summed E-state index contributed by atoms with van der Waals surface area (Å²) < 4.78 is 27.8. The summed E-state index contributed by atoms with van der Waals surface area (Å²) in [5, 5.41) is 3.08. The number of aryl methyl sites for hydroxylation is 1. The predicted octanol–water partition coefficient (Wildman–Crippen LogP) is 4.49. The van der Waals surface area contributed by atoms with E-state index in [2.05, 4.69) is 17.0 Å². The highest BCUT2D eigenvalue weighted by molar-refractivity contribution is 7.92. The Morgan fingerprint density at radius 3 is 2.25 bits per heavy atom. The zero-order chi connectivity index (χ0) is 20.1. The van der Waals surface area contributed by atoms with E-state index in [-0.39, 0.29) is 16.8 Å². The molecule has 5 nitrogen and oxygen atoms in total. The molecule has 0 heterocycles. The third-order valence-electron chi connectivity index (χ3n) is 5.58. The lowest BCUT2D eigenvalue weighted by Crippen LogP contribution is -2.37. The normalized spacial score (nSPS) is 19.8. The number of para-hydroxylation sites is 1. The molecule has 2 aromatic carbocycles. The van der Waals surface area contributed by atoms with Gasteiger partial charge in [-0.05, 0) is 74.4 Å². The Labute approximate surface area is 167 Å². The Kier molecular flexibility index (Phi) is 6.39. The van der Waals surface area contributed by atoms with Crippen LogP contribution in [0.1, 0.15) is 54.9 Å². The van der Waals surface area contributed by atoms with Gasteiger partial charge in [0.05, 0.1) is 10.6 Å². The number of amides is 1. The standard InChI is InChI=1S/C22H28N2O3S/c1-3-17-8-12-19(13-9-17)23-22(25)18-10-14-20(15-11-18)28(26,27)24-21-7-5-4-6-16(21)2/h4-7,10-11,14-15,17,19,24H,3,8-9,12-13H2,1-2H3,(H,23,25). The fourth-order valence-corrected chi connectivity index (χ4v) is 4.79. The average Bonchev–Trinajstić information content (AvgIpc) is 2.70. The molecule has 150 valence electrons. The van der Waals surface area contributed by atoms with Crippen LogP contribution < -0.4 is 10.0 Å². The fourth-order valence-electron chi connectivity index (χ4n) is 3.66. The van der Waals surface area contributed by atoms with Crippen molar-refractivity contribution in [3.63, 3.8) is 0 Å². The van der Waals surface area contributed by atoms with E-state index in [9.17, 15) is 13.2 Å². The van der Waals surface area contributed by atoms with Crippen LogP contribution in [-0.4, -0.2) is 20.4 Å². The van der Waals surface area contributed by atoms with Crippen LogP contribution in [-0.2, 0) is 10.0 Å². The van der Waals surface area contributed by atoms with Crippen LogP contribution in [0.25, 0.3) is 0 Å². The number of nitrogens with one attached hydrogen (secondary N) is 2.